The Morgan fingerprint density at radius 3 is 2.91 bits per heavy atom. The molecule has 2 aromatic carbocycles. The molecule has 0 fully saturated rings. The summed E-state index contributed by atoms with van der Waals surface area (Å²) in [5.41, 5.74) is 4.77. The first kappa shape index (κ1) is 20.0. The molecule has 0 spiro atoms. The van der Waals surface area contributed by atoms with Crippen molar-refractivity contribution in [3.05, 3.63) is 80.4 Å². The van der Waals surface area contributed by atoms with Gasteiger partial charge in [0.15, 0.2) is 0 Å². The number of benzene rings is 2. The van der Waals surface area contributed by atoms with Crippen LogP contribution in [0.4, 0.5) is 5.69 Å². The monoisotopic (exact) mass is 444 g/mol. The van der Waals surface area contributed by atoms with E-state index in [1.54, 1.807) is 12.3 Å². The fourth-order valence-electron chi connectivity index (χ4n) is 3.82. The SMILES string of the molecule is O=C(Cn1c(O)c(/C=C2\C=Nc3ccccc32)sc1=O)NCCc1c[nH]c2ccccc12. The van der Waals surface area contributed by atoms with Crippen LogP contribution in [0, 0.1) is 0 Å². The smallest absolute Gasteiger partial charge is 0.311 e. The molecule has 0 saturated heterocycles. The quantitative estimate of drug-likeness (QED) is 0.423. The summed E-state index contributed by atoms with van der Waals surface area (Å²) < 4.78 is 1.09. The van der Waals surface area contributed by atoms with Gasteiger partial charge in [0, 0.05) is 41.0 Å². The maximum Gasteiger partial charge on any atom is 0.311 e. The minimum Gasteiger partial charge on any atom is -0.493 e. The third kappa shape index (κ3) is 3.76. The summed E-state index contributed by atoms with van der Waals surface area (Å²) in [5, 5.41) is 14.5. The number of nitrogens with one attached hydrogen (secondary N) is 2. The Morgan fingerprint density at radius 1 is 1.19 bits per heavy atom. The Bertz CT molecular complexity index is 1440. The van der Waals surface area contributed by atoms with E-state index in [0.29, 0.717) is 17.8 Å². The van der Waals surface area contributed by atoms with Gasteiger partial charge in [-0.05, 0) is 30.2 Å². The van der Waals surface area contributed by atoms with Crippen LogP contribution in [0.5, 0.6) is 5.88 Å². The Morgan fingerprint density at radius 2 is 2.00 bits per heavy atom. The second-order valence-electron chi connectivity index (χ2n) is 7.48. The van der Waals surface area contributed by atoms with Gasteiger partial charge in [-0.3, -0.25) is 19.1 Å². The fraction of sp³-hybridized carbons (Fsp3) is 0.125. The number of aromatic amines is 1. The standard InChI is InChI=1S/C24H20N4O3S/c29-22(25-10-9-15-12-26-19-7-3-1-5-17(15)19)14-28-23(30)21(32-24(28)31)11-16-13-27-20-8-4-2-6-18(16)20/h1-8,11-13,26,30H,9-10,14H2,(H,25,29)/b16-11+. The van der Waals surface area contributed by atoms with E-state index in [9.17, 15) is 14.7 Å². The molecule has 0 radical (unpaired) electrons. The summed E-state index contributed by atoms with van der Waals surface area (Å²) in [6, 6.07) is 15.7. The number of rotatable bonds is 6. The van der Waals surface area contributed by atoms with E-state index in [-0.39, 0.29) is 23.2 Å². The molecule has 8 heteroatoms. The Labute approximate surface area is 187 Å². The minimum atomic E-state index is -0.385. The largest absolute Gasteiger partial charge is 0.493 e. The lowest BCUT2D eigenvalue weighted by molar-refractivity contribution is -0.121. The Kier molecular flexibility index (Phi) is 5.20. The molecule has 1 amide bonds. The lowest BCUT2D eigenvalue weighted by atomic mass is 10.1. The van der Waals surface area contributed by atoms with Crippen molar-refractivity contribution in [2.45, 2.75) is 13.0 Å². The third-order valence-electron chi connectivity index (χ3n) is 5.43. The topological polar surface area (TPSA) is 99.5 Å². The number of aliphatic imine (C=N–C) groups is 1. The summed E-state index contributed by atoms with van der Waals surface area (Å²) in [7, 11) is 0. The number of aromatic hydroxyl groups is 1. The van der Waals surface area contributed by atoms with Crippen molar-refractivity contribution in [3.63, 3.8) is 0 Å². The average Bonchev–Trinajstić information content (AvgIpc) is 3.47. The van der Waals surface area contributed by atoms with Gasteiger partial charge in [-0.1, -0.05) is 47.7 Å². The maximum atomic E-state index is 12.4. The van der Waals surface area contributed by atoms with Crippen molar-refractivity contribution in [3.8, 4) is 5.88 Å². The van der Waals surface area contributed by atoms with Gasteiger partial charge in [-0.15, -0.1) is 0 Å². The third-order valence-corrected chi connectivity index (χ3v) is 6.35. The summed E-state index contributed by atoms with van der Waals surface area (Å²) in [6.45, 7) is 0.202. The second-order valence-corrected chi connectivity index (χ2v) is 8.47. The zero-order valence-corrected chi connectivity index (χ0v) is 17.9. The number of nitrogens with zero attached hydrogens (tertiary/aromatic N) is 2. The van der Waals surface area contributed by atoms with E-state index in [4.69, 9.17) is 0 Å². The van der Waals surface area contributed by atoms with Gasteiger partial charge < -0.3 is 15.4 Å². The van der Waals surface area contributed by atoms with Gasteiger partial charge in [-0.25, -0.2) is 0 Å². The lowest BCUT2D eigenvalue weighted by Gasteiger charge is -2.06. The van der Waals surface area contributed by atoms with Crippen LogP contribution in [-0.4, -0.2) is 33.3 Å². The van der Waals surface area contributed by atoms with Crippen molar-refractivity contribution in [2.24, 2.45) is 4.99 Å². The van der Waals surface area contributed by atoms with Crippen molar-refractivity contribution >= 4 is 51.7 Å². The molecule has 160 valence electrons. The number of H-pyrrole nitrogens is 1. The molecule has 3 N–H and O–H groups in total. The summed E-state index contributed by atoms with van der Waals surface area (Å²) in [5.74, 6) is -0.538. The second kappa shape index (κ2) is 8.32. The first-order chi connectivity index (χ1) is 15.6. The maximum absolute atomic E-state index is 12.4. The number of fused-ring (bicyclic) bond motifs is 2. The average molecular weight is 445 g/mol. The van der Waals surface area contributed by atoms with Gasteiger partial charge in [0.1, 0.15) is 6.54 Å². The number of aromatic nitrogens is 2. The minimum absolute atomic E-state index is 0.211. The lowest BCUT2D eigenvalue weighted by Crippen LogP contribution is -2.31. The molecule has 7 nitrogen and oxygen atoms in total. The Hall–Kier alpha value is -3.91. The summed E-state index contributed by atoms with van der Waals surface area (Å²) >= 11 is 0.903. The normalized spacial score (nSPS) is 13.7. The molecule has 5 rings (SSSR count). The number of hydrogen-bond acceptors (Lipinski definition) is 5. The van der Waals surface area contributed by atoms with Crippen molar-refractivity contribution < 1.29 is 9.90 Å². The van der Waals surface area contributed by atoms with Gasteiger partial charge >= 0.3 is 4.87 Å². The molecule has 2 aromatic heterocycles. The van der Waals surface area contributed by atoms with Crippen molar-refractivity contribution in [2.75, 3.05) is 6.54 Å². The van der Waals surface area contributed by atoms with Crippen LogP contribution < -0.4 is 10.2 Å². The predicted molar refractivity (Wildman–Crippen MR) is 128 cm³/mol. The molecule has 0 aliphatic carbocycles. The Balaban J connectivity index is 1.25. The number of allylic oxidation sites excluding steroid dienone is 1. The highest BCUT2D eigenvalue weighted by molar-refractivity contribution is 7.10. The molecule has 32 heavy (non-hydrogen) atoms. The highest BCUT2D eigenvalue weighted by Gasteiger charge is 2.18. The molecule has 0 atom stereocenters. The van der Waals surface area contributed by atoms with Crippen LogP contribution in [0.25, 0.3) is 22.6 Å². The number of carbonyl (C=O) groups is 1. The number of thiazole rings is 1. The fourth-order valence-corrected chi connectivity index (χ4v) is 4.65. The molecule has 0 bridgehead atoms. The number of para-hydroxylation sites is 2. The van der Waals surface area contributed by atoms with Gasteiger partial charge in [0.2, 0.25) is 11.8 Å². The molecule has 1 aliphatic rings. The van der Waals surface area contributed by atoms with Crippen LogP contribution in [0.1, 0.15) is 16.0 Å². The highest BCUT2D eigenvalue weighted by atomic mass is 32.1. The zero-order valence-electron chi connectivity index (χ0n) is 17.0. The number of hydrogen-bond donors (Lipinski definition) is 3. The predicted octanol–water partition coefficient (Wildman–Crippen LogP) is 3.71. The van der Waals surface area contributed by atoms with Crippen molar-refractivity contribution in [1.29, 1.82) is 0 Å². The molecular formula is C24H20N4O3S. The molecule has 1 aliphatic heterocycles. The van der Waals surface area contributed by atoms with Gasteiger partial charge in [-0.2, -0.15) is 0 Å². The molecule has 3 heterocycles. The van der Waals surface area contributed by atoms with Gasteiger partial charge in [0.05, 0.1) is 10.6 Å². The van der Waals surface area contributed by atoms with E-state index in [0.717, 1.165) is 49.2 Å². The van der Waals surface area contributed by atoms with Crippen LogP contribution >= 0.6 is 11.3 Å². The van der Waals surface area contributed by atoms with E-state index >= 15 is 0 Å². The summed E-state index contributed by atoms with van der Waals surface area (Å²) in [6.07, 6.45) is 6.03. The number of carbonyl (C=O) groups excluding carboxylic acids is 1. The molecular weight excluding hydrogens is 424 g/mol. The molecule has 4 aromatic rings. The highest BCUT2D eigenvalue weighted by Crippen LogP contribution is 2.34. The van der Waals surface area contributed by atoms with E-state index in [1.807, 2.05) is 54.7 Å². The molecule has 0 unspecified atom stereocenters. The van der Waals surface area contributed by atoms with E-state index in [1.165, 1.54) is 0 Å². The van der Waals surface area contributed by atoms with Crippen molar-refractivity contribution in [1.82, 2.24) is 14.9 Å². The first-order valence-corrected chi connectivity index (χ1v) is 11.0. The van der Waals surface area contributed by atoms with Crippen LogP contribution in [0.2, 0.25) is 0 Å². The number of amides is 1. The first-order valence-electron chi connectivity index (χ1n) is 10.2. The summed E-state index contributed by atoms with van der Waals surface area (Å²) in [4.78, 5) is 32.4. The van der Waals surface area contributed by atoms with E-state index in [2.05, 4.69) is 15.3 Å². The zero-order chi connectivity index (χ0) is 22.1. The van der Waals surface area contributed by atoms with E-state index < -0.39 is 0 Å². The molecule has 0 saturated carbocycles. The van der Waals surface area contributed by atoms with Crippen LogP contribution in [-0.2, 0) is 17.8 Å². The van der Waals surface area contributed by atoms with Crippen LogP contribution in [0.15, 0.2) is 64.5 Å². The van der Waals surface area contributed by atoms with Gasteiger partial charge in [0.25, 0.3) is 0 Å². The van der Waals surface area contributed by atoms with Crippen LogP contribution in [0.3, 0.4) is 0 Å².